The van der Waals surface area contributed by atoms with Gasteiger partial charge in [0.05, 0.1) is 10.2 Å². The Labute approximate surface area is 113 Å². The van der Waals surface area contributed by atoms with Crippen molar-refractivity contribution in [2.24, 2.45) is 0 Å². The highest BCUT2D eigenvalue weighted by Crippen LogP contribution is 2.28. The summed E-state index contributed by atoms with van der Waals surface area (Å²) in [4.78, 5) is 8.49. The zero-order valence-electron chi connectivity index (χ0n) is 9.43. The number of hydrogen-bond donors (Lipinski definition) is 1. The van der Waals surface area contributed by atoms with E-state index < -0.39 is 0 Å². The molecule has 0 fully saturated rings. The van der Waals surface area contributed by atoms with Gasteiger partial charge in [-0.3, -0.25) is 4.98 Å². The largest absolute Gasteiger partial charge is 0.357 e. The number of fused-ring (bicyclic) bond motifs is 1. The van der Waals surface area contributed by atoms with Gasteiger partial charge in [-0.1, -0.05) is 22.9 Å². The number of rotatable bonds is 3. The molecule has 0 atom stereocenters. The van der Waals surface area contributed by atoms with Crippen LogP contribution in [-0.4, -0.2) is 9.97 Å². The molecule has 0 bridgehead atoms. The van der Waals surface area contributed by atoms with Crippen molar-refractivity contribution in [1.82, 2.24) is 9.97 Å². The fraction of sp³-hybridized carbons (Fsp3) is 0.0769. The number of halogens is 1. The zero-order valence-corrected chi connectivity index (χ0v) is 11.0. The van der Waals surface area contributed by atoms with Gasteiger partial charge < -0.3 is 5.32 Å². The molecule has 1 aromatic carbocycles. The average Bonchev–Trinajstić information content (AvgIpc) is 2.79. The predicted molar refractivity (Wildman–Crippen MR) is 76.2 cm³/mol. The highest BCUT2D eigenvalue weighted by molar-refractivity contribution is 7.22. The van der Waals surface area contributed by atoms with Crippen molar-refractivity contribution in [2.45, 2.75) is 6.54 Å². The third-order valence-electron chi connectivity index (χ3n) is 2.54. The van der Waals surface area contributed by atoms with Crippen LogP contribution in [0.4, 0.5) is 5.13 Å². The molecule has 2 aromatic heterocycles. The van der Waals surface area contributed by atoms with Crippen molar-refractivity contribution >= 4 is 38.3 Å². The highest BCUT2D eigenvalue weighted by atomic mass is 35.5. The lowest BCUT2D eigenvalue weighted by molar-refractivity contribution is 1.12. The third-order valence-corrected chi connectivity index (χ3v) is 3.75. The number of nitrogens with one attached hydrogen (secondary N) is 1. The maximum atomic E-state index is 5.95. The molecule has 3 aromatic rings. The number of anilines is 1. The number of thiazole rings is 1. The van der Waals surface area contributed by atoms with Gasteiger partial charge >= 0.3 is 0 Å². The minimum Gasteiger partial charge on any atom is -0.357 e. The van der Waals surface area contributed by atoms with E-state index in [1.54, 1.807) is 23.7 Å². The van der Waals surface area contributed by atoms with Crippen molar-refractivity contribution in [3.05, 3.63) is 53.3 Å². The Bertz CT molecular complexity index is 666. The van der Waals surface area contributed by atoms with Crippen molar-refractivity contribution in [2.75, 3.05) is 5.32 Å². The van der Waals surface area contributed by atoms with E-state index >= 15 is 0 Å². The van der Waals surface area contributed by atoms with Gasteiger partial charge in [0.25, 0.3) is 0 Å². The molecule has 3 rings (SSSR count). The van der Waals surface area contributed by atoms with Gasteiger partial charge in [0.15, 0.2) is 5.13 Å². The van der Waals surface area contributed by atoms with E-state index in [4.69, 9.17) is 11.6 Å². The van der Waals surface area contributed by atoms with Crippen LogP contribution in [0.15, 0.2) is 42.7 Å². The predicted octanol–water partition coefficient (Wildman–Crippen LogP) is 3.96. The number of aromatic nitrogens is 2. The second kappa shape index (κ2) is 4.92. The molecule has 1 N–H and O–H groups in total. The molecule has 0 saturated carbocycles. The standard InChI is InChI=1S/C13H10ClN3S/c14-10-1-2-11-12(7-10)18-13(17-11)16-8-9-3-5-15-6-4-9/h1-7H,8H2,(H,16,17). The summed E-state index contributed by atoms with van der Waals surface area (Å²) in [6.45, 7) is 0.746. The first kappa shape index (κ1) is 11.4. The van der Waals surface area contributed by atoms with Crippen molar-refractivity contribution in [1.29, 1.82) is 0 Å². The molecular formula is C13H10ClN3S. The van der Waals surface area contributed by atoms with E-state index in [2.05, 4.69) is 15.3 Å². The molecule has 5 heteroatoms. The molecule has 0 radical (unpaired) electrons. The lowest BCUT2D eigenvalue weighted by atomic mass is 10.3. The van der Waals surface area contributed by atoms with Crippen molar-refractivity contribution < 1.29 is 0 Å². The van der Waals surface area contributed by atoms with Gasteiger partial charge in [-0.05, 0) is 35.9 Å². The summed E-state index contributed by atoms with van der Waals surface area (Å²) in [5.74, 6) is 0. The van der Waals surface area contributed by atoms with E-state index in [1.807, 2.05) is 30.3 Å². The summed E-state index contributed by atoms with van der Waals surface area (Å²) in [6, 6.07) is 9.70. The van der Waals surface area contributed by atoms with E-state index in [9.17, 15) is 0 Å². The normalized spacial score (nSPS) is 10.7. The maximum Gasteiger partial charge on any atom is 0.184 e. The summed E-state index contributed by atoms with van der Waals surface area (Å²) in [5, 5.41) is 4.96. The van der Waals surface area contributed by atoms with Gasteiger partial charge in [-0.25, -0.2) is 4.98 Å². The number of pyridine rings is 1. The molecule has 3 nitrogen and oxygen atoms in total. The first-order valence-electron chi connectivity index (χ1n) is 5.50. The van der Waals surface area contributed by atoms with Crippen LogP contribution in [-0.2, 0) is 6.54 Å². The Kier molecular flexibility index (Phi) is 3.13. The molecule has 0 aliphatic carbocycles. The minimum absolute atomic E-state index is 0.742. The fourth-order valence-electron chi connectivity index (χ4n) is 1.65. The molecule has 0 spiro atoms. The minimum atomic E-state index is 0.742. The average molecular weight is 276 g/mol. The van der Waals surface area contributed by atoms with Gasteiger partial charge in [0.2, 0.25) is 0 Å². The van der Waals surface area contributed by atoms with Crippen LogP contribution >= 0.6 is 22.9 Å². The molecule has 90 valence electrons. The molecular weight excluding hydrogens is 266 g/mol. The highest BCUT2D eigenvalue weighted by Gasteiger charge is 2.03. The maximum absolute atomic E-state index is 5.95. The first-order chi connectivity index (χ1) is 8.81. The van der Waals surface area contributed by atoms with Crippen molar-refractivity contribution in [3.8, 4) is 0 Å². The lowest BCUT2D eigenvalue weighted by Crippen LogP contribution is -1.98. The van der Waals surface area contributed by atoms with E-state index in [0.717, 1.165) is 26.9 Å². The van der Waals surface area contributed by atoms with Gasteiger partial charge in [-0.2, -0.15) is 0 Å². The van der Waals surface area contributed by atoms with Gasteiger partial charge in [-0.15, -0.1) is 0 Å². The van der Waals surface area contributed by atoms with Crippen LogP contribution in [0.2, 0.25) is 5.02 Å². The van der Waals surface area contributed by atoms with E-state index in [0.29, 0.717) is 0 Å². The molecule has 0 aliphatic rings. The molecule has 2 heterocycles. The second-order valence-electron chi connectivity index (χ2n) is 3.84. The second-order valence-corrected chi connectivity index (χ2v) is 5.31. The Balaban J connectivity index is 1.79. The van der Waals surface area contributed by atoms with E-state index in [-0.39, 0.29) is 0 Å². The van der Waals surface area contributed by atoms with Crippen LogP contribution in [0.1, 0.15) is 5.56 Å². The van der Waals surface area contributed by atoms with Crippen LogP contribution < -0.4 is 5.32 Å². The summed E-state index contributed by atoms with van der Waals surface area (Å²) in [6.07, 6.45) is 3.57. The van der Waals surface area contributed by atoms with Crippen LogP contribution in [0.25, 0.3) is 10.2 Å². The molecule has 0 unspecified atom stereocenters. The number of hydrogen-bond acceptors (Lipinski definition) is 4. The third kappa shape index (κ3) is 2.44. The Hall–Kier alpha value is -1.65. The molecule has 0 saturated heterocycles. The smallest absolute Gasteiger partial charge is 0.184 e. The topological polar surface area (TPSA) is 37.8 Å². The summed E-state index contributed by atoms with van der Waals surface area (Å²) >= 11 is 7.56. The zero-order chi connectivity index (χ0) is 12.4. The number of benzene rings is 1. The van der Waals surface area contributed by atoms with Gasteiger partial charge in [0, 0.05) is 24.0 Å². The quantitative estimate of drug-likeness (QED) is 0.786. The van der Waals surface area contributed by atoms with Gasteiger partial charge in [0.1, 0.15) is 0 Å². The molecule has 18 heavy (non-hydrogen) atoms. The Morgan fingerprint density at radius 3 is 2.83 bits per heavy atom. The number of nitrogens with zero attached hydrogens (tertiary/aromatic N) is 2. The summed E-state index contributed by atoms with van der Waals surface area (Å²) < 4.78 is 1.10. The Morgan fingerprint density at radius 1 is 1.17 bits per heavy atom. The molecule has 0 amide bonds. The lowest BCUT2D eigenvalue weighted by Gasteiger charge is -2.01. The van der Waals surface area contributed by atoms with Crippen LogP contribution in [0, 0.1) is 0 Å². The molecule has 0 aliphatic heterocycles. The summed E-state index contributed by atoms with van der Waals surface area (Å²) in [7, 11) is 0. The summed E-state index contributed by atoms with van der Waals surface area (Å²) in [5.41, 5.74) is 2.16. The SMILES string of the molecule is Clc1ccc2nc(NCc3ccncc3)sc2c1. The van der Waals surface area contributed by atoms with Crippen molar-refractivity contribution in [3.63, 3.8) is 0 Å². The van der Waals surface area contributed by atoms with Crippen LogP contribution in [0.3, 0.4) is 0 Å². The monoisotopic (exact) mass is 275 g/mol. The van der Waals surface area contributed by atoms with E-state index in [1.165, 1.54) is 5.56 Å². The fourth-order valence-corrected chi connectivity index (χ4v) is 2.79. The first-order valence-corrected chi connectivity index (χ1v) is 6.69. The van der Waals surface area contributed by atoms with Crippen LogP contribution in [0.5, 0.6) is 0 Å². The Morgan fingerprint density at radius 2 is 2.00 bits per heavy atom.